The molecule has 0 radical (unpaired) electrons. The molecule has 0 aliphatic carbocycles. The zero-order valence-corrected chi connectivity index (χ0v) is 7.88. The maximum atomic E-state index is 4.25. The van der Waals surface area contributed by atoms with Gasteiger partial charge in [0.2, 0.25) is 0 Å². The summed E-state index contributed by atoms with van der Waals surface area (Å²) in [4.78, 5) is 4.25. The molecule has 1 atom stereocenters. The highest BCUT2D eigenvalue weighted by molar-refractivity contribution is 5.37. The maximum Gasteiger partial charge on any atom is 0.126 e. The zero-order chi connectivity index (χ0) is 9.15. The predicted octanol–water partition coefficient (Wildman–Crippen LogP) is 1.25. The molecule has 0 bridgehead atoms. The monoisotopic (exact) mass is 177 g/mol. The Labute approximate surface area is 78.6 Å². The van der Waals surface area contributed by atoms with E-state index in [0.717, 1.165) is 25.3 Å². The second-order valence-electron chi connectivity index (χ2n) is 3.83. The third kappa shape index (κ3) is 1.98. The van der Waals surface area contributed by atoms with E-state index in [0.29, 0.717) is 0 Å². The van der Waals surface area contributed by atoms with Crippen LogP contribution in [0.4, 0.5) is 5.82 Å². The number of rotatable bonds is 2. The van der Waals surface area contributed by atoms with Gasteiger partial charge in [0.1, 0.15) is 5.82 Å². The third-order valence-corrected chi connectivity index (χ3v) is 2.46. The van der Waals surface area contributed by atoms with Crippen LogP contribution in [0, 0.1) is 0 Å². The number of pyridine rings is 1. The number of nitrogens with zero attached hydrogens (tertiary/aromatic N) is 1. The van der Waals surface area contributed by atoms with Crippen molar-refractivity contribution < 1.29 is 0 Å². The van der Waals surface area contributed by atoms with Gasteiger partial charge < -0.3 is 10.6 Å². The van der Waals surface area contributed by atoms with E-state index < -0.39 is 0 Å². The number of hydrogen-bond acceptors (Lipinski definition) is 3. The minimum Gasteiger partial charge on any atom is -0.364 e. The van der Waals surface area contributed by atoms with Gasteiger partial charge in [0.25, 0.3) is 0 Å². The summed E-state index contributed by atoms with van der Waals surface area (Å²) in [6, 6.07) is 5.94. The summed E-state index contributed by atoms with van der Waals surface area (Å²) in [5.74, 6) is 0.966. The average molecular weight is 177 g/mol. The molecule has 0 aromatic carbocycles. The molecule has 1 aliphatic rings. The van der Waals surface area contributed by atoms with Crippen molar-refractivity contribution in [3.63, 3.8) is 0 Å². The van der Waals surface area contributed by atoms with E-state index in [1.807, 2.05) is 24.4 Å². The Morgan fingerprint density at radius 3 is 3.08 bits per heavy atom. The molecule has 2 N–H and O–H groups in total. The molecule has 1 unspecified atom stereocenters. The van der Waals surface area contributed by atoms with Crippen molar-refractivity contribution in [3.8, 4) is 0 Å². The van der Waals surface area contributed by atoms with Gasteiger partial charge in [0.05, 0.1) is 0 Å². The van der Waals surface area contributed by atoms with Crippen LogP contribution < -0.4 is 10.6 Å². The largest absolute Gasteiger partial charge is 0.364 e. The van der Waals surface area contributed by atoms with E-state index >= 15 is 0 Å². The number of hydrogen-bond donors (Lipinski definition) is 2. The molecule has 2 heterocycles. The first-order valence-electron chi connectivity index (χ1n) is 4.68. The molecule has 0 saturated carbocycles. The fraction of sp³-hybridized carbons (Fsp3) is 0.500. The molecule has 70 valence electrons. The zero-order valence-electron chi connectivity index (χ0n) is 7.88. The summed E-state index contributed by atoms with van der Waals surface area (Å²) in [5.41, 5.74) is 0.175. The lowest BCUT2D eigenvalue weighted by atomic mass is 10.0. The highest BCUT2D eigenvalue weighted by atomic mass is 15.1. The lowest BCUT2D eigenvalue weighted by Gasteiger charge is -2.24. The van der Waals surface area contributed by atoms with Crippen LogP contribution in [-0.4, -0.2) is 23.6 Å². The Hall–Kier alpha value is -1.09. The minimum atomic E-state index is 0.175. The van der Waals surface area contributed by atoms with Crippen molar-refractivity contribution in [2.24, 2.45) is 0 Å². The molecule has 1 aromatic heterocycles. The Balaban J connectivity index is 2.05. The molecule has 1 saturated heterocycles. The second kappa shape index (κ2) is 3.34. The van der Waals surface area contributed by atoms with Crippen LogP contribution in [-0.2, 0) is 0 Å². The van der Waals surface area contributed by atoms with Crippen molar-refractivity contribution in [2.45, 2.75) is 18.9 Å². The van der Waals surface area contributed by atoms with E-state index in [-0.39, 0.29) is 5.54 Å². The van der Waals surface area contributed by atoms with Crippen molar-refractivity contribution in [1.29, 1.82) is 0 Å². The standard InChI is InChI=1S/C10H15N3/c1-10(5-7-11-8-10)13-9-4-2-3-6-12-9/h2-4,6,11H,5,7-8H2,1H3,(H,12,13). The van der Waals surface area contributed by atoms with E-state index in [1.165, 1.54) is 0 Å². The first-order valence-corrected chi connectivity index (χ1v) is 4.68. The minimum absolute atomic E-state index is 0.175. The van der Waals surface area contributed by atoms with E-state index in [1.54, 1.807) is 0 Å². The summed E-state index contributed by atoms with van der Waals surface area (Å²) >= 11 is 0. The van der Waals surface area contributed by atoms with Crippen LogP contribution >= 0.6 is 0 Å². The predicted molar refractivity (Wildman–Crippen MR) is 53.8 cm³/mol. The van der Waals surface area contributed by atoms with Crippen molar-refractivity contribution in [2.75, 3.05) is 18.4 Å². The lowest BCUT2D eigenvalue weighted by molar-refractivity contribution is 0.564. The van der Waals surface area contributed by atoms with Crippen LogP contribution in [0.25, 0.3) is 0 Å². The number of anilines is 1. The molecule has 3 heteroatoms. The Morgan fingerprint density at radius 2 is 2.46 bits per heavy atom. The van der Waals surface area contributed by atoms with Gasteiger partial charge in [0.15, 0.2) is 0 Å². The van der Waals surface area contributed by atoms with Crippen molar-refractivity contribution in [1.82, 2.24) is 10.3 Å². The molecule has 1 fully saturated rings. The summed E-state index contributed by atoms with van der Waals surface area (Å²) in [6.07, 6.45) is 2.97. The fourth-order valence-corrected chi connectivity index (χ4v) is 1.67. The molecule has 2 rings (SSSR count). The van der Waals surface area contributed by atoms with Crippen LogP contribution in [0.15, 0.2) is 24.4 Å². The highest BCUT2D eigenvalue weighted by Crippen LogP contribution is 2.18. The molecule has 0 spiro atoms. The van der Waals surface area contributed by atoms with Crippen molar-refractivity contribution in [3.05, 3.63) is 24.4 Å². The van der Waals surface area contributed by atoms with Gasteiger partial charge in [-0.1, -0.05) is 6.07 Å². The topological polar surface area (TPSA) is 37.0 Å². The molecule has 13 heavy (non-hydrogen) atoms. The SMILES string of the molecule is CC1(Nc2ccccn2)CCNC1. The molecule has 0 amide bonds. The number of aromatic nitrogens is 1. The highest BCUT2D eigenvalue weighted by Gasteiger charge is 2.28. The first-order chi connectivity index (χ1) is 6.29. The van der Waals surface area contributed by atoms with Gasteiger partial charge in [-0.2, -0.15) is 0 Å². The van der Waals surface area contributed by atoms with Gasteiger partial charge in [-0.3, -0.25) is 0 Å². The Morgan fingerprint density at radius 1 is 1.54 bits per heavy atom. The normalized spacial score (nSPS) is 27.5. The summed E-state index contributed by atoms with van der Waals surface area (Å²) in [5, 5.41) is 6.79. The smallest absolute Gasteiger partial charge is 0.126 e. The first kappa shape index (κ1) is 8.51. The van der Waals surface area contributed by atoms with Gasteiger partial charge >= 0.3 is 0 Å². The summed E-state index contributed by atoms with van der Waals surface area (Å²) in [7, 11) is 0. The van der Waals surface area contributed by atoms with Crippen LogP contribution in [0.5, 0.6) is 0 Å². The average Bonchev–Trinajstić information content (AvgIpc) is 2.54. The van der Waals surface area contributed by atoms with E-state index in [9.17, 15) is 0 Å². The van der Waals surface area contributed by atoms with E-state index in [2.05, 4.69) is 22.5 Å². The summed E-state index contributed by atoms with van der Waals surface area (Å²) in [6.45, 7) is 4.33. The third-order valence-electron chi connectivity index (χ3n) is 2.46. The quantitative estimate of drug-likeness (QED) is 0.713. The molecule has 3 nitrogen and oxygen atoms in total. The Kier molecular flexibility index (Phi) is 2.19. The van der Waals surface area contributed by atoms with Crippen LogP contribution in [0.3, 0.4) is 0 Å². The molecular weight excluding hydrogens is 162 g/mol. The number of nitrogens with one attached hydrogen (secondary N) is 2. The Bertz CT molecular complexity index is 265. The van der Waals surface area contributed by atoms with Gasteiger partial charge in [-0.05, 0) is 32.0 Å². The van der Waals surface area contributed by atoms with Gasteiger partial charge in [0, 0.05) is 18.3 Å². The fourth-order valence-electron chi connectivity index (χ4n) is 1.67. The second-order valence-corrected chi connectivity index (χ2v) is 3.83. The van der Waals surface area contributed by atoms with Crippen molar-refractivity contribution >= 4 is 5.82 Å². The molecular formula is C10H15N3. The van der Waals surface area contributed by atoms with Crippen LogP contribution in [0.1, 0.15) is 13.3 Å². The van der Waals surface area contributed by atoms with Gasteiger partial charge in [-0.25, -0.2) is 4.98 Å². The molecule has 1 aliphatic heterocycles. The lowest BCUT2D eigenvalue weighted by Crippen LogP contribution is -2.37. The van der Waals surface area contributed by atoms with E-state index in [4.69, 9.17) is 0 Å². The van der Waals surface area contributed by atoms with Crippen LogP contribution in [0.2, 0.25) is 0 Å². The summed E-state index contributed by atoms with van der Waals surface area (Å²) < 4.78 is 0. The molecule has 1 aromatic rings. The maximum absolute atomic E-state index is 4.25. The van der Waals surface area contributed by atoms with Gasteiger partial charge in [-0.15, -0.1) is 0 Å².